The highest BCUT2D eigenvalue weighted by molar-refractivity contribution is 5.77. The van der Waals surface area contributed by atoms with E-state index in [1.165, 1.54) is 0 Å². The van der Waals surface area contributed by atoms with Gasteiger partial charge in [0.25, 0.3) is 0 Å². The minimum Gasteiger partial charge on any atom is -0.497 e. The van der Waals surface area contributed by atoms with Gasteiger partial charge in [0.2, 0.25) is 0 Å². The Morgan fingerprint density at radius 3 is 2.42 bits per heavy atom. The molecule has 0 radical (unpaired) electrons. The molecule has 3 N–H and O–H groups in total. The van der Waals surface area contributed by atoms with Crippen molar-refractivity contribution in [2.24, 2.45) is 11.7 Å². The van der Waals surface area contributed by atoms with Gasteiger partial charge in [-0.3, -0.25) is 4.79 Å². The lowest BCUT2D eigenvalue weighted by Gasteiger charge is -2.23. The highest BCUT2D eigenvalue weighted by atomic mass is 16.5. The first-order valence-electron chi connectivity index (χ1n) is 8.06. The lowest BCUT2D eigenvalue weighted by molar-refractivity contribution is -0.143. The molecule has 2 atom stereocenters. The molecule has 6 nitrogen and oxygen atoms in total. The first-order valence-corrected chi connectivity index (χ1v) is 8.06. The van der Waals surface area contributed by atoms with Crippen LogP contribution >= 0.6 is 0 Å². The number of aryl methyl sites for hydroxylation is 1. The molecule has 0 fully saturated rings. The first-order chi connectivity index (χ1) is 11.2. The van der Waals surface area contributed by atoms with Crippen LogP contribution in [0, 0.1) is 5.92 Å². The number of methoxy groups -OCH3 is 3. The molecule has 6 heteroatoms. The van der Waals surface area contributed by atoms with Crippen LogP contribution in [0.3, 0.4) is 0 Å². The van der Waals surface area contributed by atoms with Crippen LogP contribution in [-0.4, -0.2) is 37.9 Å². The number of hydrogen-bond donors (Lipinski definition) is 2. The fourth-order valence-corrected chi connectivity index (χ4v) is 2.87. The maximum absolute atomic E-state index is 11.1. The first kappa shape index (κ1) is 20.1. The molecule has 1 rings (SSSR count). The summed E-state index contributed by atoms with van der Waals surface area (Å²) < 4.78 is 16.1. The molecule has 136 valence electrons. The summed E-state index contributed by atoms with van der Waals surface area (Å²) in [6.07, 6.45) is 3.00. The van der Waals surface area contributed by atoms with Gasteiger partial charge in [-0.25, -0.2) is 0 Å². The second-order valence-electron chi connectivity index (χ2n) is 6.45. The quantitative estimate of drug-likeness (QED) is 0.681. The van der Waals surface area contributed by atoms with Gasteiger partial charge in [0.15, 0.2) is 11.5 Å². The van der Waals surface area contributed by atoms with E-state index in [1.807, 2.05) is 13.0 Å². The number of carbonyl (C=O) groups is 1. The summed E-state index contributed by atoms with van der Waals surface area (Å²) in [4.78, 5) is 11.1. The van der Waals surface area contributed by atoms with Crippen molar-refractivity contribution in [3.8, 4) is 17.2 Å². The van der Waals surface area contributed by atoms with E-state index in [0.29, 0.717) is 17.9 Å². The number of carboxylic acids is 1. The number of nitrogens with two attached hydrogens (primary N) is 1. The summed E-state index contributed by atoms with van der Waals surface area (Å²) in [6, 6.07) is 3.73. The Morgan fingerprint density at radius 1 is 1.25 bits per heavy atom. The number of carboxylic acid groups (broad SMARTS) is 1. The van der Waals surface area contributed by atoms with Crippen LogP contribution in [0.1, 0.15) is 38.7 Å². The molecule has 0 heterocycles. The molecule has 0 spiro atoms. The van der Waals surface area contributed by atoms with Crippen LogP contribution in [-0.2, 0) is 11.2 Å². The van der Waals surface area contributed by atoms with Crippen molar-refractivity contribution in [2.45, 2.75) is 45.1 Å². The van der Waals surface area contributed by atoms with Crippen LogP contribution in [0.5, 0.6) is 17.2 Å². The van der Waals surface area contributed by atoms with Crippen LogP contribution in [0.15, 0.2) is 12.1 Å². The van der Waals surface area contributed by atoms with E-state index in [9.17, 15) is 4.79 Å². The van der Waals surface area contributed by atoms with E-state index in [4.69, 9.17) is 25.1 Å². The predicted molar refractivity (Wildman–Crippen MR) is 93.0 cm³/mol. The van der Waals surface area contributed by atoms with E-state index in [2.05, 4.69) is 0 Å². The van der Waals surface area contributed by atoms with Crippen LogP contribution in [0.4, 0.5) is 0 Å². The predicted octanol–water partition coefficient (Wildman–Crippen LogP) is 2.86. The molecule has 0 aliphatic rings. The Kier molecular flexibility index (Phi) is 7.35. The van der Waals surface area contributed by atoms with Crippen LogP contribution in [0.2, 0.25) is 0 Å². The Morgan fingerprint density at radius 2 is 1.92 bits per heavy atom. The third kappa shape index (κ3) is 5.30. The SMILES string of the molecule is COc1cc(CCCC(C)CC(C)(N)C(=O)O)c(OC)c(OC)c1. The molecule has 0 saturated heterocycles. The summed E-state index contributed by atoms with van der Waals surface area (Å²) in [6.45, 7) is 3.58. The fourth-order valence-electron chi connectivity index (χ4n) is 2.87. The van der Waals surface area contributed by atoms with Crippen molar-refractivity contribution in [2.75, 3.05) is 21.3 Å². The van der Waals surface area contributed by atoms with Crippen LogP contribution in [0.25, 0.3) is 0 Å². The van der Waals surface area contributed by atoms with Crippen molar-refractivity contribution in [3.63, 3.8) is 0 Å². The average Bonchev–Trinajstić information content (AvgIpc) is 2.53. The van der Waals surface area contributed by atoms with E-state index in [1.54, 1.807) is 34.3 Å². The lowest BCUT2D eigenvalue weighted by Crippen LogP contribution is -2.46. The zero-order valence-corrected chi connectivity index (χ0v) is 15.2. The number of aliphatic carboxylic acids is 1. The van der Waals surface area contributed by atoms with Gasteiger partial charge in [0.05, 0.1) is 21.3 Å². The van der Waals surface area contributed by atoms with Gasteiger partial charge in [0, 0.05) is 11.6 Å². The van der Waals surface area contributed by atoms with Gasteiger partial charge in [-0.15, -0.1) is 0 Å². The second kappa shape index (κ2) is 8.78. The molecule has 1 aromatic carbocycles. The summed E-state index contributed by atoms with van der Waals surface area (Å²) in [5, 5.41) is 9.11. The zero-order chi connectivity index (χ0) is 18.3. The lowest BCUT2D eigenvalue weighted by atomic mass is 9.87. The average molecular weight is 339 g/mol. The Balaban J connectivity index is 2.72. The van der Waals surface area contributed by atoms with Gasteiger partial charge >= 0.3 is 5.97 Å². The van der Waals surface area contributed by atoms with Gasteiger partial charge in [-0.05, 0) is 38.2 Å². The van der Waals surface area contributed by atoms with Gasteiger partial charge in [-0.2, -0.15) is 0 Å². The molecule has 0 aliphatic carbocycles. The van der Waals surface area contributed by atoms with Gasteiger partial charge in [-0.1, -0.05) is 13.3 Å². The molecular formula is C18H29NO5. The van der Waals surface area contributed by atoms with E-state index in [-0.39, 0.29) is 5.92 Å². The number of rotatable bonds is 10. The molecule has 0 aromatic heterocycles. The zero-order valence-electron chi connectivity index (χ0n) is 15.2. The molecule has 2 unspecified atom stereocenters. The topological polar surface area (TPSA) is 91.0 Å². The summed E-state index contributed by atoms with van der Waals surface area (Å²) in [5.41, 5.74) is 5.64. The Hall–Kier alpha value is -1.95. The summed E-state index contributed by atoms with van der Waals surface area (Å²) >= 11 is 0. The maximum atomic E-state index is 11.1. The minimum atomic E-state index is -1.18. The van der Waals surface area contributed by atoms with Gasteiger partial charge in [0.1, 0.15) is 11.3 Å². The highest BCUT2D eigenvalue weighted by Crippen LogP contribution is 2.36. The third-order valence-corrected chi connectivity index (χ3v) is 4.17. The summed E-state index contributed by atoms with van der Waals surface area (Å²) in [5.74, 6) is 1.32. The van der Waals surface area contributed by atoms with Crippen molar-refractivity contribution < 1.29 is 24.1 Å². The standard InChI is InChI=1S/C18H29NO5/c1-12(11-18(2,19)17(20)21)7-6-8-13-9-14(22-3)10-15(23-4)16(13)24-5/h9-10,12H,6-8,11,19H2,1-5H3,(H,20,21). The maximum Gasteiger partial charge on any atom is 0.323 e. The highest BCUT2D eigenvalue weighted by Gasteiger charge is 2.29. The number of benzene rings is 1. The second-order valence-corrected chi connectivity index (χ2v) is 6.45. The van der Waals surface area contributed by atoms with E-state index < -0.39 is 11.5 Å². The minimum absolute atomic E-state index is 0.217. The molecule has 0 bridgehead atoms. The fraction of sp³-hybridized carbons (Fsp3) is 0.611. The van der Waals surface area contributed by atoms with Crippen molar-refractivity contribution in [1.29, 1.82) is 0 Å². The van der Waals surface area contributed by atoms with Crippen molar-refractivity contribution in [1.82, 2.24) is 0 Å². The monoisotopic (exact) mass is 339 g/mol. The molecule has 0 amide bonds. The number of ether oxygens (including phenoxy) is 3. The Bertz CT molecular complexity index is 557. The van der Waals surface area contributed by atoms with Crippen molar-refractivity contribution >= 4 is 5.97 Å². The normalized spacial score (nSPS) is 14.6. The third-order valence-electron chi connectivity index (χ3n) is 4.17. The van der Waals surface area contributed by atoms with E-state index in [0.717, 1.165) is 30.6 Å². The van der Waals surface area contributed by atoms with Crippen molar-refractivity contribution in [3.05, 3.63) is 17.7 Å². The largest absolute Gasteiger partial charge is 0.497 e. The Labute approximate surface area is 143 Å². The summed E-state index contributed by atoms with van der Waals surface area (Å²) in [7, 11) is 4.82. The molecule has 1 aromatic rings. The number of hydrogen-bond acceptors (Lipinski definition) is 5. The smallest absolute Gasteiger partial charge is 0.323 e. The van der Waals surface area contributed by atoms with Gasteiger partial charge < -0.3 is 25.1 Å². The molecule has 24 heavy (non-hydrogen) atoms. The molecule has 0 saturated carbocycles. The molecule has 0 aliphatic heterocycles. The van der Waals surface area contributed by atoms with E-state index >= 15 is 0 Å². The molecular weight excluding hydrogens is 310 g/mol. The van der Waals surface area contributed by atoms with Crippen LogP contribution < -0.4 is 19.9 Å².